The van der Waals surface area contributed by atoms with Gasteiger partial charge >= 0.3 is 0 Å². The van der Waals surface area contributed by atoms with Crippen LogP contribution in [-0.4, -0.2) is 12.9 Å². The van der Waals surface area contributed by atoms with Gasteiger partial charge in [0.05, 0.1) is 25.2 Å². The van der Waals surface area contributed by atoms with Crippen molar-refractivity contribution in [1.29, 1.82) is 5.26 Å². The lowest BCUT2D eigenvalue weighted by Gasteiger charge is -2.14. The SMILES string of the molecule is COc1c(C)c(C)cc(C)c1C(=O)CC#N. The van der Waals surface area contributed by atoms with E-state index in [-0.39, 0.29) is 12.2 Å². The van der Waals surface area contributed by atoms with Crippen molar-refractivity contribution in [3.05, 3.63) is 28.3 Å². The van der Waals surface area contributed by atoms with Gasteiger partial charge in [0.2, 0.25) is 0 Å². The third-order valence-corrected chi connectivity index (χ3v) is 2.71. The quantitative estimate of drug-likeness (QED) is 0.731. The average Bonchev–Trinajstić information content (AvgIpc) is 2.23. The molecule has 84 valence electrons. The predicted molar refractivity (Wildman–Crippen MR) is 61.8 cm³/mol. The fraction of sp³-hybridized carbons (Fsp3) is 0.385. The van der Waals surface area contributed by atoms with Crippen LogP contribution in [0.15, 0.2) is 6.07 Å². The number of carbonyl (C=O) groups is 1. The van der Waals surface area contributed by atoms with Crippen molar-refractivity contribution in [2.75, 3.05) is 7.11 Å². The van der Waals surface area contributed by atoms with Gasteiger partial charge in [-0.25, -0.2) is 0 Å². The molecule has 0 spiro atoms. The molecule has 0 heterocycles. The summed E-state index contributed by atoms with van der Waals surface area (Å²) >= 11 is 0. The van der Waals surface area contributed by atoms with E-state index in [2.05, 4.69) is 0 Å². The summed E-state index contributed by atoms with van der Waals surface area (Å²) in [5.74, 6) is 0.415. The minimum atomic E-state index is -0.181. The first-order chi connectivity index (χ1) is 7.52. The summed E-state index contributed by atoms with van der Waals surface area (Å²) in [4.78, 5) is 11.8. The van der Waals surface area contributed by atoms with Crippen LogP contribution < -0.4 is 4.74 Å². The molecule has 0 aromatic heterocycles. The number of hydrogen-bond donors (Lipinski definition) is 0. The zero-order valence-corrected chi connectivity index (χ0v) is 10.0. The molecule has 0 saturated carbocycles. The topological polar surface area (TPSA) is 50.1 Å². The highest BCUT2D eigenvalue weighted by Crippen LogP contribution is 2.30. The Kier molecular flexibility index (Phi) is 3.68. The second-order valence-electron chi connectivity index (χ2n) is 3.80. The van der Waals surface area contributed by atoms with Gasteiger partial charge in [0.25, 0.3) is 0 Å². The van der Waals surface area contributed by atoms with Crippen LogP contribution in [0.1, 0.15) is 33.5 Å². The predicted octanol–water partition coefficient (Wildman–Crippen LogP) is 2.72. The third kappa shape index (κ3) is 2.06. The van der Waals surface area contributed by atoms with Crippen LogP contribution in [0.3, 0.4) is 0 Å². The Labute approximate surface area is 95.7 Å². The van der Waals surface area contributed by atoms with Crippen molar-refractivity contribution >= 4 is 5.78 Å². The Morgan fingerprint density at radius 3 is 2.50 bits per heavy atom. The summed E-state index contributed by atoms with van der Waals surface area (Å²) in [6, 6.07) is 3.82. The highest BCUT2D eigenvalue weighted by Gasteiger charge is 2.18. The lowest BCUT2D eigenvalue weighted by atomic mass is 9.95. The molecule has 0 unspecified atom stereocenters. The Morgan fingerprint density at radius 1 is 1.38 bits per heavy atom. The normalized spacial score (nSPS) is 9.69. The molecule has 0 saturated heterocycles. The van der Waals surface area contributed by atoms with Gasteiger partial charge in [-0.3, -0.25) is 4.79 Å². The molecular formula is C13H15NO2. The van der Waals surface area contributed by atoms with E-state index in [1.807, 2.05) is 32.9 Å². The molecule has 1 aromatic rings. The molecule has 1 rings (SSSR count). The van der Waals surface area contributed by atoms with E-state index in [0.717, 1.165) is 16.7 Å². The monoisotopic (exact) mass is 217 g/mol. The summed E-state index contributed by atoms with van der Waals surface area (Å²) in [6.45, 7) is 5.75. The number of benzene rings is 1. The molecule has 3 nitrogen and oxygen atoms in total. The van der Waals surface area contributed by atoms with Gasteiger partial charge in [-0.2, -0.15) is 5.26 Å². The van der Waals surface area contributed by atoms with Crippen molar-refractivity contribution in [1.82, 2.24) is 0 Å². The van der Waals surface area contributed by atoms with Crippen LogP contribution in [0.4, 0.5) is 0 Å². The Balaban J connectivity index is 3.44. The molecule has 0 radical (unpaired) electrons. The van der Waals surface area contributed by atoms with Gasteiger partial charge in [0.1, 0.15) is 5.75 Å². The van der Waals surface area contributed by atoms with E-state index >= 15 is 0 Å². The van der Waals surface area contributed by atoms with Gasteiger partial charge in [-0.1, -0.05) is 6.07 Å². The minimum Gasteiger partial charge on any atom is -0.496 e. The van der Waals surface area contributed by atoms with Crippen LogP contribution in [0.5, 0.6) is 5.75 Å². The largest absolute Gasteiger partial charge is 0.496 e. The average molecular weight is 217 g/mol. The number of nitriles is 1. The Bertz CT molecular complexity index is 470. The molecular weight excluding hydrogens is 202 g/mol. The number of methoxy groups -OCH3 is 1. The molecule has 16 heavy (non-hydrogen) atoms. The van der Waals surface area contributed by atoms with Crippen LogP contribution >= 0.6 is 0 Å². The fourth-order valence-corrected chi connectivity index (χ4v) is 1.81. The third-order valence-electron chi connectivity index (χ3n) is 2.71. The lowest BCUT2D eigenvalue weighted by Crippen LogP contribution is -2.06. The molecule has 0 aliphatic carbocycles. The van der Waals surface area contributed by atoms with Gasteiger partial charge < -0.3 is 4.74 Å². The van der Waals surface area contributed by atoms with E-state index in [0.29, 0.717) is 11.3 Å². The van der Waals surface area contributed by atoms with Crippen LogP contribution in [0.2, 0.25) is 0 Å². The Hall–Kier alpha value is -1.82. The van der Waals surface area contributed by atoms with Crippen molar-refractivity contribution in [2.45, 2.75) is 27.2 Å². The van der Waals surface area contributed by atoms with Gasteiger partial charge in [0.15, 0.2) is 5.78 Å². The first-order valence-electron chi connectivity index (χ1n) is 5.07. The molecule has 0 atom stereocenters. The van der Waals surface area contributed by atoms with Gasteiger partial charge in [-0.05, 0) is 37.5 Å². The Morgan fingerprint density at radius 2 is 2.00 bits per heavy atom. The molecule has 0 amide bonds. The summed E-state index contributed by atoms with van der Waals surface area (Å²) < 4.78 is 5.27. The molecule has 0 aliphatic heterocycles. The lowest BCUT2D eigenvalue weighted by molar-refractivity contribution is 0.0994. The first kappa shape index (κ1) is 12.3. The maximum absolute atomic E-state index is 11.8. The van der Waals surface area contributed by atoms with Crippen LogP contribution in [0, 0.1) is 32.1 Å². The van der Waals surface area contributed by atoms with Crippen molar-refractivity contribution < 1.29 is 9.53 Å². The number of ketones is 1. The van der Waals surface area contributed by atoms with E-state index in [9.17, 15) is 4.79 Å². The second kappa shape index (κ2) is 4.80. The standard InChI is InChI=1S/C13H15NO2/c1-8-7-9(2)12(11(15)5-6-14)13(16-4)10(8)3/h7H,5H2,1-4H3. The van der Waals surface area contributed by atoms with Crippen molar-refractivity contribution in [3.8, 4) is 11.8 Å². The summed E-state index contributed by atoms with van der Waals surface area (Å²) in [7, 11) is 1.55. The zero-order chi connectivity index (χ0) is 12.3. The van der Waals surface area contributed by atoms with Crippen LogP contribution in [-0.2, 0) is 0 Å². The number of aryl methyl sites for hydroxylation is 2. The van der Waals surface area contributed by atoms with E-state index in [1.165, 1.54) is 0 Å². The highest BCUT2D eigenvalue weighted by molar-refractivity contribution is 6.01. The maximum atomic E-state index is 11.8. The number of nitrogens with zero attached hydrogens (tertiary/aromatic N) is 1. The molecule has 3 heteroatoms. The minimum absolute atomic E-state index is 0.111. The highest BCUT2D eigenvalue weighted by atomic mass is 16.5. The molecule has 0 bridgehead atoms. The zero-order valence-electron chi connectivity index (χ0n) is 10.0. The molecule has 0 N–H and O–H groups in total. The van der Waals surface area contributed by atoms with E-state index in [1.54, 1.807) is 7.11 Å². The van der Waals surface area contributed by atoms with E-state index < -0.39 is 0 Å². The smallest absolute Gasteiger partial charge is 0.180 e. The van der Waals surface area contributed by atoms with Gasteiger partial charge in [0, 0.05) is 0 Å². The summed E-state index contributed by atoms with van der Waals surface area (Å²) in [5, 5.41) is 8.56. The second-order valence-corrected chi connectivity index (χ2v) is 3.80. The van der Waals surface area contributed by atoms with Crippen molar-refractivity contribution in [3.63, 3.8) is 0 Å². The van der Waals surface area contributed by atoms with E-state index in [4.69, 9.17) is 10.00 Å². The molecule has 0 fully saturated rings. The summed E-state index contributed by atoms with van der Waals surface area (Å²) in [5.41, 5.74) is 3.43. The fourth-order valence-electron chi connectivity index (χ4n) is 1.81. The maximum Gasteiger partial charge on any atom is 0.180 e. The van der Waals surface area contributed by atoms with Crippen LogP contribution in [0.25, 0.3) is 0 Å². The molecule has 0 aliphatic rings. The first-order valence-corrected chi connectivity index (χ1v) is 5.07. The number of rotatable bonds is 3. The summed E-state index contributed by atoms with van der Waals surface area (Å²) in [6.07, 6.45) is -0.111. The van der Waals surface area contributed by atoms with Gasteiger partial charge in [-0.15, -0.1) is 0 Å². The molecule has 1 aromatic carbocycles. The number of hydrogen-bond acceptors (Lipinski definition) is 3. The number of ether oxygens (including phenoxy) is 1. The number of carbonyl (C=O) groups excluding carboxylic acids is 1. The number of Topliss-reactive ketones (excluding diaryl/α,β-unsaturated/α-hetero) is 1. The van der Waals surface area contributed by atoms with Crippen molar-refractivity contribution in [2.24, 2.45) is 0 Å².